The molecule has 1 amide bonds. The van der Waals surface area contributed by atoms with Gasteiger partial charge in [-0.1, -0.05) is 0 Å². The van der Waals surface area contributed by atoms with Crippen molar-refractivity contribution in [2.75, 3.05) is 13.1 Å². The van der Waals surface area contributed by atoms with Gasteiger partial charge in [-0.25, -0.2) is 8.42 Å². The van der Waals surface area contributed by atoms with Gasteiger partial charge in [-0.05, 0) is 66.2 Å². The Morgan fingerprint density at radius 2 is 1.86 bits per heavy atom. The summed E-state index contributed by atoms with van der Waals surface area (Å²) in [5, 5.41) is 6.91. The number of hydrogen-bond donors (Lipinski definition) is 1. The summed E-state index contributed by atoms with van der Waals surface area (Å²) >= 11 is 1.61. The third kappa shape index (κ3) is 4.39. The molecule has 0 bridgehead atoms. The highest BCUT2D eigenvalue weighted by Gasteiger charge is 2.27. The minimum atomic E-state index is -3.47. The van der Waals surface area contributed by atoms with E-state index >= 15 is 0 Å². The van der Waals surface area contributed by atoms with E-state index in [2.05, 4.69) is 10.3 Å². The van der Waals surface area contributed by atoms with E-state index in [1.54, 1.807) is 29.7 Å². The number of carbonyl (C=O) groups excluding carboxylic acids is 1. The first-order valence-corrected chi connectivity index (χ1v) is 11.8. The van der Waals surface area contributed by atoms with Crippen molar-refractivity contribution in [2.24, 2.45) is 0 Å². The maximum absolute atomic E-state index is 12.6. The lowest BCUT2D eigenvalue weighted by molar-refractivity contribution is 0.0951. The fourth-order valence-corrected chi connectivity index (χ4v) is 5.46. The zero-order valence-electron chi connectivity index (χ0n) is 15.7. The van der Waals surface area contributed by atoms with Gasteiger partial charge >= 0.3 is 0 Å². The van der Waals surface area contributed by atoms with E-state index in [4.69, 9.17) is 0 Å². The smallest absolute Gasteiger partial charge is 0.251 e. The number of hydrogen-bond acceptors (Lipinski definition) is 5. The summed E-state index contributed by atoms with van der Waals surface area (Å²) in [6.07, 6.45) is 3.51. The Morgan fingerprint density at radius 1 is 1.10 bits per heavy atom. The molecular weight excluding hydrogens is 406 g/mol. The molecule has 1 N–H and O–H groups in total. The molecule has 0 atom stereocenters. The maximum Gasteiger partial charge on any atom is 0.251 e. The van der Waals surface area contributed by atoms with Gasteiger partial charge in [0.05, 0.1) is 10.6 Å². The van der Waals surface area contributed by atoms with Crippen molar-refractivity contribution >= 4 is 27.3 Å². The Labute approximate surface area is 174 Å². The molecule has 1 aliphatic heterocycles. The summed E-state index contributed by atoms with van der Waals surface area (Å²) in [5.41, 5.74) is 3.30. The summed E-state index contributed by atoms with van der Waals surface area (Å²) < 4.78 is 26.6. The van der Waals surface area contributed by atoms with E-state index in [9.17, 15) is 13.2 Å². The topological polar surface area (TPSA) is 79.4 Å². The lowest BCUT2D eigenvalue weighted by Crippen LogP contribution is -2.28. The number of nitrogens with one attached hydrogen (secondary N) is 1. The summed E-state index contributed by atoms with van der Waals surface area (Å²) in [5.74, 6) is -0.246. The Hall–Kier alpha value is -2.55. The number of sulfonamides is 1. The average molecular weight is 428 g/mol. The zero-order chi connectivity index (χ0) is 20.3. The number of carbonyl (C=O) groups is 1. The van der Waals surface area contributed by atoms with Crippen molar-refractivity contribution in [1.82, 2.24) is 14.6 Å². The SMILES string of the molecule is O=C(NCc1ccnc(-c2ccsc2)c1)c1ccc(S(=O)(=O)N2CCCC2)cc1. The molecule has 8 heteroatoms. The molecule has 0 unspecified atom stereocenters. The molecular formula is C21H21N3O3S2. The van der Waals surface area contributed by atoms with Crippen LogP contribution in [0.1, 0.15) is 28.8 Å². The van der Waals surface area contributed by atoms with E-state index < -0.39 is 10.0 Å². The standard InChI is InChI=1S/C21H21N3O3S2/c25-21(23-14-16-7-9-22-20(13-16)18-8-12-28-15-18)17-3-5-19(6-4-17)29(26,27)24-10-1-2-11-24/h3-9,12-13,15H,1-2,10-11,14H2,(H,23,25). The van der Waals surface area contributed by atoms with Gasteiger partial charge in [-0.2, -0.15) is 15.6 Å². The molecule has 0 saturated carbocycles. The molecule has 150 valence electrons. The number of benzene rings is 1. The van der Waals surface area contributed by atoms with E-state index in [1.165, 1.54) is 16.4 Å². The molecule has 6 nitrogen and oxygen atoms in total. The van der Waals surface area contributed by atoms with Crippen LogP contribution in [0.3, 0.4) is 0 Å². The van der Waals surface area contributed by atoms with Crippen molar-refractivity contribution in [3.63, 3.8) is 0 Å². The second-order valence-corrected chi connectivity index (χ2v) is 9.60. The summed E-state index contributed by atoms with van der Waals surface area (Å²) in [4.78, 5) is 17.1. The van der Waals surface area contributed by atoms with E-state index in [0.29, 0.717) is 25.2 Å². The predicted octanol–water partition coefficient (Wildman–Crippen LogP) is 3.52. The maximum atomic E-state index is 12.6. The van der Waals surface area contributed by atoms with Crippen molar-refractivity contribution in [3.8, 4) is 11.3 Å². The van der Waals surface area contributed by atoms with Gasteiger partial charge in [-0.15, -0.1) is 0 Å². The molecule has 1 saturated heterocycles. The van der Waals surface area contributed by atoms with Gasteiger partial charge in [0.15, 0.2) is 0 Å². The van der Waals surface area contributed by atoms with Gasteiger partial charge < -0.3 is 5.32 Å². The highest BCUT2D eigenvalue weighted by atomic mass is 32.2. The van der Waals surface area contributed by atoms with E-state index in [1.807, 2.05) is 29.0 Å². The lowest BCUT2D eigenvalue weighted by atomic mass is 10.1. The number of thiophene rings is 1. The molecule has 1 aromatic carbocycles. The number of pyridine rings is 1. The monoisotopic (exact) mass is 427 g/mol. The second-order valence-electron chi connectivity index (χ2n) is 6.88. The van der Waals surface area contributed by atoms with Gasteiger partial charge in [0.2, 0.25) is 10.0 Å². The highest BCUT2D eigenvalue weighted by molar-refractivity contribution is 7.89. The van der Waals surface area contributed by atoms with Crippen molar-refractivity contribution in [2.45, 2.75) is 24.3 Å². The highest BCUT2D eigenvalue weighted by Crippen LogP contribution is 2.22. The fraction of sp³-hybridized carbons (Fsp3) is 0.238. The molecule has 1 fully saturated rings. The molecule has 1 aliphatic rings. The van der Waals surface area contributed by atoms with Crippen molar-refractivity contribution < 1.29 is 13.2 Å². The van der Waals surface area contributed by atoms with Gasteiger partial charge in [0.25, 0.3) is 5.91 Å². The van der Waals surface area contributed by atoms with Crippen LogP contribution < -0.4 is 5.32 Å². The van der Waals surface area contributed by atoms with Crippen LogP contribution in [0.2, 0.25) is 0 Å². The lowest BCUT2D eigenvalue weighted by Gasteiger charge is -2.15. The zero-order valence-corrected chi connectivity index (χ0v) is 17.4. The van der Waals surface area contributed by atoms with Crippen molar-refractivity contribution in [1.29, 1.82) is 0 Å². The van der Waals surface area contributed by atoms with Crippen LogP contribution >= 0.6 is 11.3 Å². The largest absolute Gasteiger partial charge is 0.348 e. The Balaban J connectivity index is 1.41. The molecule has 29 heavy (non-hydrogen) atoms. The molecule has 3 heterocycles. The van der Waals surface area contributed by atoms with Crippen LogP contribution in [0.4, 0.5) is 0 Å². The normalized spacial score (nSPS) is 14.8. The quantitative estimate of drug-likeness (QED) is 0.653. The van der Waals surface area contributed by atoms with Gasteiger partial charge in [-0.3, -0.25) is 9.78 Å². The van der Waals surface area contributed by atoms with Crippen LogP contribution in [0.15, 0.2) is 64.3 Å². The predicted molar refractivity (Wildman–Crippen MR) is 113 cm³/mol. The van der Waals surface area contributed by atoms with Gasteiger partial charge in [0, 0.05) is 42.3 Å². The van der Waals surface area contributed by atoms with Crippen LogP contribution in [-0.4, -0.2) is 36.7 Å². The third-order valence-corrected chi connectivity index (χ3v) is 7.51. The summed E-state index contributed by atoms with van der Waals surface area (Å²) in [6, 6.07) is 11.9. The average Bonchev–Trinajstić information content (AvgIpc) is 3.47. The van der Waals surface area contributed by atoms with Crippen LogP contribution in [0.5, 0.6) is 0 Å². The molecule has 0 radical (unpaired) electrons. The first-order valence-electron chi connectivity index (χ1n) is 9.40. The molecule has 3 aromatic rings. The second kappa shape index (κ2) is 8.44. The number of nitrogens with zero attached hydrogens (tertiary/aromatic N) is 2. The first kappa shape index (κ1) is 19.8. The van der Waals surface area contributed by atoms with Crippen molar-refractivity contribution in [3.05, 3.63) is 70.5 Å². The molecule has 2 aromatic heterocycles. The molecule has 4 rings (SSSR count). The third-order valence-electron chi connectivity index (χ3n) is 4.91. The summed E-state index contributed by atoms with van der Waals surface area (Å²) in [7, 11) is -3.47. The van der Waals surface area contributed by atoms with Gasteiger partial charge in [0.1, 0.15) is 0 Å². The fourth-order valence-electron chi connectivity index (χ4n) is 3.29. The van der Waals surface area contributed by atoms with E-state index in [0.717, 1.165) is 29.7 Å². The number of rotatable bonds is 6. The number of amides is 1. The first-order chi connectivity index (χ1) is 14.0. The number of aromatic nitrogens is 1. The van der Waals surface area contributed by atoms with Crippen LogP contribution in [0.25, 0.3) is 11.3 Å². The Bertz CT molecular complexity index is 1090. The molecule has 0 spiro atoms. The van der Waals surface area contributed by atoms with Crippen LogP contribution in [0, 0.1) is 0 Å². The summed E-state index contributed by atoms with van der Waals surface area (Å²) in [6.45, 7) is 1.49. The molecule has 0 aliphatic carbocycles. The van der Waals surface area contributed by atoms with E-state index in [-0.39, 0.29) is 10.8 Å². The van der Waals surface area contributed by atoms with Crippen LogP contribution in [-0.2, 0) is 16.6 Å². The Kier molecular flexibility index (Phi) is 5.75. The Morgan fingerprint density at radius 3 is 2.55 bits per heavy atom. The minimum Gasteiger partial charge on any atom is -0.348 e. The minimum absolute atomic E-state index is 0.227.